The van der Waals surface area contributed by atoms with E-state index in [-0.39, 0.29) is 5.92 Å². The number of nitrogens with zero attached hydrogens (tertiary/aromatic N) is 1. The van der Waals surface area contributed by atoms with E-state index >= 15 is 0 Å². The lowest BCUT2D eigenvalue weighted by Gasteiger charge is -2.35. The molecule has 0 saturated carbocycles. The van der Waals surface area contributed by atoms with Crippen molar-refractivity contribution in [1.29, 1.82) is 0 Å². The Labute approximate surface area is 105 Å². The molecule has 2 saturated heterocycles. The van der Waals surface area contributed by atoms with Crippen molar-refractivity contribution in [2.75, 3.05) is 26.2 Å². The summed E-state index contributed by atoms with van der Waals surface area (Å²) in [5.74, 6) is 2.15. The van der Waals surface area contributed by atoms with Crippen LogP contribution in [0.1, 0.15) is 39.5 Å². The minimum Gasteiger partial charge on any atom is -0.342 e. The van der Waals surface area contributed by atoms with E-state index in [0.29, 0.717) is 5.91 Å². The van der Waals surface area contributed by atoms with Gasteiger partial charge in [0.15, 0.2) is 0 Å². The Kier molecular flexibility index (Phi) is 4.43. The van der Waals surface area contributed by atoms with Crippen molar-refractivity contribution in [2.24, 2.45) is 17.8 Å². The van der Waals surface area contributed by atoms with Crippen LogP contribution in [-0.2, 0) is 4.79 Å². The lowest BCUT2D eigenvalue weighted by Crippen LogP contribution is -2.43. The van der Waals surface area contributed by atoms with Crippen LogP contribution < -0.4 is 5.32 Å². The van der Waals surface area contributed by atoms with E-state index in [4.69, 9.17) is 0 Å². The van der Waals surface area contributed by atoms with Crippen LogP contribution in [0.25, 0.3) is 0 Å². The molecule has 17 heavy (non-hydrogen) atoms. The molecule has 0 aromatic heterocycles. The molecule has 0 spiro atoms. The third kappa shape index (κ3) is 3.44. The molecular formula is C14H26N2O. The molecule has 2 unspecified atom stereocenters. The van der Waals surface area contributed by atoms with Crippen LogP contribution in [0.4, 0.5) is 0 Å². The second kappa shape index (κ2) is 5.85. The molecule has 0 aromatic carbocycles. The zero-order chi connectivity index (χ0) is 12.3. The summed E-state index contributed by atoms with van der Waals surface area (Å²) < 4.78 is 0. The van der Waals surface area contributed by atoms with Gasteiger partial charge in [-0.05, 0) is 44.1 Å². The smallest absolute Gasteiger partial charge is 0.227 e. The number of amides is 1. The van der Waals surface area contributed by atoms with Crippen LogP contribution in [0.5, 0.6) is 0 Å². The van der Waals surface area contributed by atoms with Gasteiger partial charge in [-0.1, -0.05) is 13.8 Å². The van der Waals surface area contributed by atoms with Crippen molar-refractivity contribution in [3.8, 4) is 0 Å². The molecular weight excluding hydrogens is 212 g/mol. The van der Waals surface area contributed by atoms with Gasteiger partial charge in [0.1, 0.15) is 0 Å². The predicted molar refractivity (Wildman–Crippen MR) is 69.7 cm³/mol. The summed E-state index contributed by atoms with van der Waals surface area (Å²) in [5, 5.41) is 3.29. The van der Waals surface area contributed by atoms with Crippen LogP contribution in [0.3, 0.4) is 0 Å². The number of rotatable bonds is 3. The van der Waals surface area contributed by atoms with Crippen LogP contribution >= 0.6 is 0 Å². The number of nitrogens with one attached hydrogen (secondary N) is 1. The molecule has 0 aromatic rings. The van der Waals surface area contributed by atoms with E-state index in [9.17, 15) is 4.79 Å². The van der Waals surface area contributed by atoms with Gasteiger partial charge in [-0.3, -0.25) is 4.79 Å². The van der Waals surface area contributed by atoms with E-state index in [1.807, 2.05) is 0 Å². The van der Waals surface area contributed by atoms with Gasteiger partial charge in [-0.2, -0.15) is 0 Å². The van der Waals surface area contributed by atoms with Gasteiger partial charge < -0.3 is 10.2 Å². The Bertz CT molecular complexity index is 259. The number of carbonyl (C=O) groups excluding carboxylic acids is 1. The fraction of sp³-hybridized carbons (Fsp3) is 0.929. The molecule has 3 nitrogen and oxygen atoms in total. The van der Waals surface area contributed by atoms with E-state index < -0.39 is 0 Å². The first-order valence-electron chi connectivity index (χ1n) is 7.16. The normalized spacial score (nSPS) is 29.9. The van der Waals surface area contributed by atoms with Crippen molar-refractivity contribution in [1.82, 2.24) is 10.2 Å². The first kappa shape index (κ1) is 12.9. The Morgan fingerprint density at radius 3 is 2.88 bits per heavy atom. The lowest BCUT2D eigenvalue weighted by molar-refractivity contribution is -0.136. The standard InChI is InChI=1S/C14H26N2O/c1-11(2)8-12-4-3-7-16(10-12)14(17)13-5-6-15-9-13/h11-13,15H,3-10H2,1-2H3. The molecule has 1 amide bonds. The Morgan fingerprint density at radius 1 is 1.41 bits per heavy atom. The van der Waals surface area contributed by atoms with Gasteiger partial charge in [0, 0.05) is 19.6 Å². The minimum atomic E-state index is 0.257. The van der Waals surface area contributed by atoms with Crippen molar-refractivity contribution < 1.29 is 4.79 Å². The predicted octanol–water partition coefficient (Wildman–Crippen LogP) is 1.88. The zero-order valence-corrected chi connectivity index (χ0v) is 11.2. The molecule has 0 bridgehead atoms. The third-order valence-corrected chi connectivity index (χ3v) is 4.04. The van der Waals surface area contributed by atoms with Crippen molar-refractivity contribution in [3.63, 3.8) is 0 Å². The second-order valence-corrected chi connectivity index (χ2v) is 6.11. The second-order valence-electron chi connectivity index (χ2n) is 6.11. The molecule has 2 aliphatic heterocycles. The van der Waals surface area contributed by atoms with E-state index in [1.54, 1.807) is 0 Å². The van der Waals surface area contributed by atoms with E-state index in [2.05, 4.69) is 24.1 Å². The monoisotopic (exact) mass is 238 g/mol. The van der Waals surface area contributed by atoms with Gasteiger partial charge in [0.05, 0.1) is 5.92 Å². The van der Waals surface area contributed by atoms with Crippen LogP contribution in [0, 0.1) is 17.8 Å². The third-order valence-electron chi connectivity index (χ3n) is 4.04. The van der Waals surface area contributed by atoms with Gasteiger partial charge in [-0.25, -0.2) is 0 Å². The SMILES string of the molecule is CC(C)CC1CCCN(C(=O)C2CCNC2)C1. The molecule has 2 atom stereocenters. The number of hydrogen-bond donors (Lipinski definition) is 1. The first-order valence-corrected chi connectivity index (χ1v) is 7.16. The highest BCUT2D eigenvalue weighted by Gasteiger charge is 2.30. The summed E-state index contributed by atoms with van der Waals surface area (Å²) >= 11 is 0. The Morgan fingerprint density at radius 2 is 2.24 bits per heavy atom. The molecule has 1 N–H and O–H groups in total. The fourth-order valence-corrected chi connectivity index (χ4v) is 3.25. The largest absolute Gasteiger partial charge is 0.342 e. The van der Waals surface area contributed by atoms with Gasteiger partial charge >= 0.3 is 0 Å². The summed E-state index contributed by atoms with van der Waals surface area (Å²) in [5.41, 5.74) is 0. The average molecular weight is 238 g/mol. The van der Waals surface area contributed by atoms with Gasteiger partial charge in [-0.15, -0.1) is 0 Å². The summed E-state index contributed by atoms with van der Waals surface area (Å²) in [6, 6.07) is 0. The topological polar surface area (TPSA) is 32.3 Å². The van der Waals surface area contributed by atoms with Crippen molar-refractivity contribution >= 4 is 5.91 Å². The first-order chi connectivity index (χ1) is 8.16. The molecule has 2 aliphatic rings. The summed E-state index contributed by atoms with van der Waals surface area (Å²) in [6.07, 6.45) is 4.81. The van der Waals surface area contributed by atoms with Crippen LogP contribution in [-0.4, -0.2) is 37.0 Å². The Hall–Kier alpha value is -0.570. The summed E-state index contributed by atoms with van der Waals surface area (Å²) in [7, 11) is 0. The maximum absolute atomic E-state index is 12.3. The molecule has 2 fully saturated rings. The average Bonchev–Trinajstić information content (AvgIpc) is 2.81. The van der Waals surface area contributed by atoms with Crippen molar-refractivity contribution in [3.05, 3.63) is 0 Å². The Balaban J connectivity index is 1.85. The zero-order valence-electron chi connectivity index (χ0n) is 11.2. The number of piperidine rings is 1. The van der Waals surface area contributed by atoms with Gasteiger partial charge in [0.25, 0.3) is 0 Å². The fourth-order valence-electron chi connectivity index (χ4n) is 3.25. The van der Waals surface area contributed by atoms with Crippen molar-refractivity contribution in [2.45, 2.75) is 39.5 Å². The van der Waals surface area contributed by atoms with Crippen LogP contribution in [0.2, 0.25) is 0 Å². The molecule has 98 valence electrons. The van der Waals surface area contributed by atoms with Gasteiger partial charge in [0.2, 0.25) is 5.91 Å². The lowest BCUT2D eigenvalue weighted by atomic mass is 9.89. The quantitative estimate of drug-likeness (QED) is 0.814. The molecule has 3 heteroatoms. The van der Waals surface area contributed by atoms with E-state index in [0.717, 1.165) is 44.4 Å². The molecule has 0 aliphatic carbocycles. The molecule has 2 heterocycles. The maximum Gasteiger partial charge on any atom is 0.227 e. The maximum atomic E-state index is 12.3. The number of hydrogen-bond acceptors (Lipinski definition) is 2. The highest BCUT2D eigenvalue weighted by molar-refractivity contribution is 5.79. The highest BCUT2D eigenvalue weighted by Crippen LogP contribution is 2.25. The molecule has 0 radical (unpaired) electrons. The highest BCUT2D eigenvalue weighted by atomic mass is 16.2. The van der Waals surface area contributed by atoms with E-state index in [1.165, 1.54) is 19.3 Å². The number of carbonyl (C=O) groups is 1. The summed E-state index contributed by atoms with van der Waals surface area (Å²) in [4.78, 5) is 14.5. The minimum absolute atomic E-state index is 0.257. The number of likely N-dealkylation sites (tertiary alicyclic amines) is 1. The van der Waals surface area contributed by atoms with Crippen LogP contribution in [0.15, 0.2) is 0 Å². The molecule has 2 rings (SSSR count). The summed E-state index contributed by atoms with van der Waals surface area (Å²) in [6.45, 7) is 8.46.